The quantitative estimate of drug-likeness (QED) is 0.360. The Morgan fingerprint density at radius 1 is 0.852 bits per heavy atom. The molecule has 2 heterocycles. The van der Waals surface area contributed by atoms with Crippen molar-refractivity contribution in [1.29, 1.82) is 0 Å². The molecule has 136 valence electrons. The van der Waals surface area contributed by atoms with Gasteiger partial charge in [-0.2, -0.15) is 0 Å². The van der Waals surface area contributed by atoms with Crippen LogP contribution < -0.4 is 5.46 Å². The lowest BCUT2D eigenvalue weighted by Gasteiger charge is -2.32. The lowest BCUT2D eigenvalue weighted by molar-refractivity contribution is 0.00578. The Labute approximate surface area is 168 Å². The number of hydrogen-bond donors (Lipinski definition) is 0. The second-order valence-electron chi connectivity index (χ2n) is 8.19. The number of rotatable bonds is 1. The van der Waals surface area contributed by atoms with Crippen LogP contribution in [0.15, 0.2) is 48.5 Å². The molecule has 1 aliphatic rings. The lowest BCUT2D eigenvalue weighted by Crippen LogP contribution is -2.41. The Morgan fingerprint density at radius 3 is 2.19 bits per heavy atom. The first-order valence-corrected chi connectivity index (χ1v) is 10.4. The fraction of sp³-hybridized carbons (Fsp3) is 0.273. The third-order valence-corrected chi connectivity index (χ3v) is 7.61. The van der Waals surface area contributed by atoms with E-state index in [0.717, 1.165) is 15.2 Å². The molecule has 4 aromatic rings. The molecule has 0 spiro atoms. The maximum absolute atomic E-state index is 6.48. The summed E-state index contributed by atoms with van der Waals surface area (Å²) in [7, 11) is -0.384. The Bertz CT molecular complexity index is 1200. The summed E-state index contributed by atoms with van der Waals surface area (Å²) in [5.74, 6) is 0. The van der Waals surface area contributed by atoms with Crippen molar-refractivity contribution in [2.45, 2.75) is 38.9 Å². The summed E-state index contributed by atoms with van der Waals surface area (Å²) >= 11 is 8.22. The van der Waals surface area contributed by atoms with Crippen molar-refractivity contribution in [3.8, 4) is 0 Å². The van der Waals surface area contributed by atoms with Gasteiger partial charge in [0, 0.05) is 15.5 Å². The summed E-state index contributed by atoms with van der Waals surface area (Å²) < 4.78 is 15.1. The van der Waals surface area contributed by atoms with E-state index < -0.39 is 0 Å². The average Bonchev–Trinajstić information content (AvgIpc) is 3.09. The molecule has 0 saturated carbocycles. The van der Waals surface area contributed by atoms with Gasteiger partial charge in [-0.25, -0.2) is 0 Å². The van der Waals surface area contributed by atoms with Crippen LogP contribution in [0.4, 0.5) is 0 Å². The van der Waals surface area contributed by atoms with Crippen molar-refractivity contribution in [2.24, 2.45) is 0 Å². The molecule has 5 rings (SSSR count). The first-order valence-electron chi connectivity index (χ1n) is 9.16. The molecule has 0 N–H and O–H groups in total. The molecule has 1 saturated heterocycles. The maximum atomic E-state index is 6.48. The van der Waals surface area contributed by atoms with Gasteiger partial charge in [-0.3, -0.25) is 0 Å². The van der Waals surface area contributed by atoms with Crippen LogP contribution in [0, 0.1) is 0 Å². The van der Waals surface area contributed by atoms with E-state index >= 15 is 0 Å². The first kappa shape index (κ1) is 17.5. The molecular formula is C22H20BClO2S. The number of hydrogen-bond acceptors (Lipinski definition) is 3. The highest BCUT2D eigenvalue weighted by molar-refractivity contribution is 7.26. The van der Waals surface area contributed by atoms with Gasteiger partial charge in [0.1, 0.15) is 0 Å². The van der Waals surface area contributed by atoms with Crippen LogP contribution in [-0.4, -0.2) is 18.3 Å². The molecule has 1 fully saturated rings. The fourth-order valence-electron chi connectivity index (χ4n) is 3.82. The Balaban J connectivity index is 1.84. The first-order chi connectivity index (χ1) is 12.8. The zero-order valence-corrected chi connectivity index (χ0v) is 17.4. The highest BCUT2D eigenvalue weighted by atomic mass is 35.5. The van der Waals surface area contributed by atoms with Crippen molar-refractivity contribution in [3.63, 3.8) is 0 Å². The summed E-state index contributed by atoms with van der Waals surface area (Å²) in [6, 6.07) is 16.9. The highest BCUT2D eigenvalue weighted by Crippen LogP contribution is 2.42. The van der Waals surface area contributed by atoms with E-state index in [1.165, 1.54) is 26.2 Å². The van der Waals surface area contributed by atoms with Crippen LogP contribution in [0.25, 0.3) is 30.9 Å². The minimum atomic E-state index is -0.384. The summed E-state index contributed by atoms with van der Waals surface area (Å²) in [5.41, 5.74) is 0.355. The molecule has 0 amide bonds. The number of benzene rings is 3. The number of halogens is 1. The third kappa shape index (κ3) is 2.47. The van der Waals surface area contributed by atoms with Crippen LogP contribution >= 0.6 is 22.9 Å². The van der Waals surface area contributed by atoms with Gasteiger partial charge < -0.3 is 9.31 Å². The van der Waals surface area contributed by atoms with Crippen molar-refractivity contribution in [2.75, 3.05) is 0 Å². The smallest absolute Gasteiger partial charge is 0.399 e. The molecule has 0 bridgehead atoms. The molecule has 1 aliphatic heterocycles. The van der Waals surface area contributed by atoms with Gasteiger partial charge in [0.2, 0.25) is 0 Å². The second-order valence-corrected chi connectivity index (χ2v) is 9.65. The molecule has 0 unspecified atom stereocenters. The Kier molecular flexibility index (Phi) is 3.70. The van der Waals surface area contributed by atoms with E-state index in [4.69, 9.17) is 20.9 Å². The third-order valence-electron chi connectivity index (χ3n) is 6.00. The average molecular weight is 395 g/mol. The van der Waals surface area contributed by atoms with Crippen LogP contribution in [-0.2, 0) is 9.31 Å². The minimum absolute atomic E-state index is 0.364. The van der Waals surface area contributed by atoms with Gasteiger partial charge in [0.05, 0.1) is 20.9 Å². The van der Waals surface area contributed by atoms with Gasteiger partial charge in [-0.1, -0.05) is 48.0 Å². The standard InChI is InChI=1S/C22H20BClO2S/c1-21(2)22(3,4)26-23(25-21)16-12-18-19(14-9-6-5-8-13(14)16)15-10-7-11-17(24)20(15)27-18/h5-12H,1-4H3. The molecule has 0 radical (unpaired) electrons. The van der Waals surface area contributed by atoms with E-state index in [0.29, 0.717) is 0 Å². The van der Waals surface area contributed by atoms with Crippen LogP contribution in [0.3, 0.4) is 0 Å². The molecular weight excluding hydrogens is 375 g/mol. The van der Waals surface area contributed by atoms with E-state index in [-0.39, 0.29) is 18.3 Å². The van der Waals surface area contributed by atoms with E-state index in [2.05, 4.69) is 64.1 Å². The summed E-state index contributed by atoms with van der Waals surface area (Å²) in [4.78, 5) is 0. The molecule has 3 aromatic carbocycles. The molecule has 0 atom stereocenters. The SMILES string of the molecule is CC1(C)OB(c2cc3sc4c(Cl)cccc4c3c3ccccc23)OC1(C)C. The molecule has 5 heteroatoms. The fourth-order valence-corrected chi connectivity index (χ4v) is 5.28. The molecule has 2 nitrogen and oxygen atoms in total. The van der Waals surface area contributed by atoms with Crippen molar-refractivity contribution in [3.05, 3.63) is 53.6 Å². The number of thiophene rings is 1. The maximum Gasteiger partial charge on any atom is 0.495 e. The second kappa shape index (κ2) is 5.71. The predicted molar refractivity (Wildman–Crippen MR) is 118 cm³/mol. The largest absolute Gasteiger partial charge is 0.495 e. The van der Waals surface area contributed by atoms with E-state index in [9.17, 15) is 0 Å². The van der Waals surface area contributed by atoms with E-state index in [1.807, 2.05) is 12.1 Å². The van der Waals surface area contributed by atoms with Crippen LogP contribution in [0.1, 0.15) is 27.7 Å². The Morgan fingerprint density at radius 2 is 1.48 bits per heavy atom. The van der Waals surface area contributed by atoms with E-state index in [1.54, 1.807) is 11.3 Å². The van der Waals surface area contributed by atoms with Crippen molar-refractivity contribution >= 4 is 66.5 Å². The molecule has 27 heavy (non-hydrogen) atoms. The summed E-state index contributed by atoms with van der Waals surface area (Å²) in [6.45, 7) is 8.36. The zero-order chi connectivity index (χ0) is 19.0. The lowest BCUT2D eigenvalue weighted by atomic mass is 9.75. The summed E-state index contributed by atoms with van der Waals surface area (Å²) in [5, 5.41) is 5.65. The van der Waals surface area contributed by atoms with Crippen LogP contribution in [0.5, 0.6) is 0 Å². The van der Waals surface area contributed by atoms with Gasteiger partial charge in [-0.05, 0) is 56.1 Å². The van der Waals surface area contributed by atoms with Gasteiger partial charge in [0.25, 0.3) is 0 Å². The van der Waals surface area contributed by atoms with Gasteiger partial charge in [-0.15, -0.1) is 11.3 Å². The van der Waals surface area contributed by atoms with Crippen molar-refractivity contribution < 1.29 is 9.31 Å². The highest BCUT2D eigenvalue weighted by Gasteiger charge is 2.52. The van der Waals surface area contributed by atoms with Gasteiger partial charge in [0.15, 0.2) is 0 Å². The van der Waals surface area contributed by atoms with Crippen molar-refractivity contribution in [1.82, 2.24) is 0 Å². The molecule has 1 aromatic heterocycles. The monoisotopic (exact) mass is 394 g/mol. The normalized spacial score (nSPS) is 18.8. The van der Waals surface area contributed by atoms with Crippen LogP contribution in [0.2, 0.25) is 5.02 Å². The molecule has 0 aliphatic carbocycles. The minimum Gasteiger partial charge on any atom is -0.399 e. The zero-order valence-electron chi connectivity index (χ0n) is 15.8. The number of fused-ring (bicyclic) bond motifs is 5. The van der Waals surface area contributed by atoms with Gasteiger partial charge >= 0.3 is 7.12 Å². The summed E-state index contributed by atoms with van der Waals surface area (Å²) in [6.07, 6.45) is 0. The Hall–Kier alpha value is -1.59. The predicted octanol–water partition coefficient (Wildman–Crippen LogP) is 6.16. The topological polar surface area (TPSA) is 18.5 Å².